The number of nitrogens with zero attached hydrogens (tertiary/aromatic N) is 4. The van der Waals surface area contributed by atoms with Crippen LogP contribution < -0.4 is 5.48 Å². The van der Waals surface area contributed by atoms with Crippen molar-refractivity contribution < 1.29 is 18.8 Å². The summed E-state index contributed by atoms with van der Waals surface area (Å²) < 4.78 is 31.3. The molecule has 38 heavy (non-hydrogen) atoms. The van der Waals surface area contributed by atoms with E-state index < -0.39 is 23.0 Å². The van der Waals surface area contributed by atoms with Gasteiger partial charge in [0.05, 0.1) is 10.3 Å². The summed E-state index contributed by atoms with van der Waals surface area (Å²) in [4.78, 5) is 13.7. The Labute approximate surface area is 223 Å². The Morgan fingerprint density at radius 3 is 2.21 bits per heavy atom. The van der Waals surface area contributed by atoms with Crippen LogP contribution in [-0.2, 0) is 19.0 Å². The van der Waals surface area contributed by atoms with Crippen LogP contribution in [-0.4, -0.2) is 43.9 Å². The molecule has 1 aromatic heterocycles. The maximum Gasteiger partial charge on any atom is 0.274 e. The predicted molar refractivity (Wildman–Crippen MR) is 139 cm³/mol. The molecule has 1 amide bonds. The predicted octanol–water partition coefficient (Wildman–Crippen LogP) is 4.95. The van der Waals surface area contributed by atoms with Gasteiger partial charge in [-0.2, -0.15) is 0 Å². The van der Waals surface area contributed by atoms with Crippen molar-refractivity contribution in [2.24, 2.45) is 7.05 Å². The van der Waals surface area contributed by atoms with E-state index in [2.05, 4.69) is 39.4 Å². The van der Waals surface area contributed by atoms with E-state index in [1.54, 1.807) is 4.57 Å². The minimum atomic E-state index is -0.997. The first-order chi connectivity index (χ1) is 18.4. The molecule has 0 unspecified atom stereocenters. The van der Waals surface area contributed by atoms with E-state index in [4.69, 9.17) is 5.21 Å². The van der Waals surface area contributed by atoms with E-state index in [1.165, 1.54) is 11.0 Å². The second-order valence-electron chi connectivity index (χ2n) is 9.39. The number of likely N-dealkylation sites (tertiary alicyclic amines) is 1. The standard InChI is InChI=1S/C28H27F2N5O2S/c1-34-26(31-32-27(34)38-24-22(29)16-20(17-23(24)30)25(36)33-37)28(21-10-6-3-7-11-21)12-14-35(15-13-28)18-19-8-4-2-5-9-19/h2-11,16-17,37H,12-15,18H2,1H3,(H,33,36). The molecule has 1 saturated heterocycles. The smallest absolute Gasteiger partial charge is 0.274 e. The quantitative estimate of drug-likeness (QED) is 0.258. The Balaban J connectivity index is 1.44. The summed E-state index contributed by atoms with van der Waals surface area (Å²) in [5, 5.41) is 18.0. The zero-order valence-corrected chi connectivity index (χ0v) is 21.6. The maximum absolute atomic E-state index is 14.8. The van der Waals surface area contributed by atoms with E-state index in [9.17, 15) is 13.6 Å². The van der Waals surface area contributed by atoms with Crippen molar-refractivity contribution in [2.45, 2.75) is 34.9 Å². The number of hydroxylamine groups is 1. The van der Waals surface area contributed by atoms with E-state index in [0.29, 0.717) is 5.16 Å². The average Bonchev–Trinajstić information content (AvgIpc) is 3.32. The Hall–Kier alpha value is -3.60. The van der Waals surface area contributed by atoms with E-state index in [1.807, 2.05) is 43.4 Å². The van der Waals surface area contributed by atoms with Gasteiger partial charge in [-0.1, -0.05) is 60.7 Å². The van der Waals surface area contributed by atoms with Gasteiger partial charge >= 0.3 is 0 Å². The molecule has 7 nitrogen and oxygen atoms in total. The summed E-state index contributed by atoms with van der Waals surface area (Å²) in [5.74, 6) is -2.11. The molecule has 1 aliphatic heterocycles. The fraction of sp³-hybridized carbons (Fsp3) is 0.250. The van der Waals surface area contributed by atoms with Gasteiger partial charge in [-0.15, -0.1) is 10.2 Å². The maximum atomic E-state index is 14.8. The Bertz CT molecular complexity index is 1400. The summed E-state index contributed by atoms with van der Waals surface area (Å²) in [6.45, 7) is 2.59. The van der Waals surface area contributed by atoms with Gasteiger partial charge in [0.25, 0.3) is 5.91 Å². The largest absolute Gasteiger partial charge is 0.308 e. The summed E-state index contributed by atoms with van der Waals surface area (Å²) in [7, 11) is 1.81. The van der Waals surface area contributed by atoms with Gasteiger partial charge in [-0.25, -0.2) is 14.3 Å². The molecule has 0 radical (unpaired) electrons. The minimum absolute atomic E-state index is 0.298. The molecule has 0 saturated carbocycles. The molecule has 1 aliphatic rings. The van der Waals surface area contributed by atoms with Crippen LogP contribution in [0.25, 0.3) is 0 Å². The zero-order valence-electron chi connectivity index (χ0n) is 20.8. The summed E-state index contributed by atoms with van der Waals surface area (Å²) in [5.41, 5.74) is 3.05. The average molecular weight is 536 g/mol. The lowest BCUT2D eigenvalue weighted by molar-refractivity contribution is 0.0705. The van der Waals surface area contributed by atoms with Gasteiger partial charge in [-0.05, 0) is 61.0 Å². The number of hydrogen-bond donors (Lipinski definition) is 2. The summed E-state index contributed by atoms with van der Waals surface area (Å²) >= 11 is 0.811. The zero-order chi connectivity index (χ0) is 26.7. The summed E-state index contributed by atoms with van der Waals surface area (Å²) in [6, 6.07) is 22.3. The van der Waals surface area contributed by atoms with Crippen molar-refractivity contribution in [3.8, 4) is 0 Å². The van der Waals surface area contributed by atoms with Crippen molar-refractivity contribution in [3.05, 3.63) is 107 Å². The molecule has 0 aliphatic carbocycles. The van der Waals surface area contributed by atoms with E-state index in [0.717, 1.165) is 67.8 Å². The molecule has 4 aromatic rings. The highest BCUT2D eigenvalue weighted by Gasteiger charge is 2.42. The first kappa shape index (κ1) is 26.0. The fourth-order valence-electron chi connectivity index (χ4n) is 5.10. The van der Waals surface area contributed by atoms with Gasteiger partial charge in [-0.3, -0.25) is 14.9 Å². The number of carbonyl (C=O) groups excluding carboxylic acids is 1. The van der Waals surface area contributed by atoms with E-state index in [-0.39, 0.29) is 10.5 Å². The van der Waals surface area contributed by atoms with Gasteiger partial charge in [0, 0.05) is 19.2 Å². The highest BCUT2D eigenvalue weighted by molar-refractivity contribution is 7.99. The molecule has 2 heterocycles. The second kappa shape index (κ2) is 11.0. The molecule has 5 rings (SSSR count). The number of benzene rings is 3. The van der Waals surface area contributed by atoms with Crippen molar-refractivity contribution in [1.82, 2.24) is 25.1 Å². The molecule has 1 fully saturated rings. The van der Waals surface area contributed by atoms with Gasteiger partial charge in [0.15, 0.2) is 5.16 Å². The van der Waals surface area contributed by atoms with Crippen LogP contribution in [0.3, 0.4) is 0 Å². The monoisotopic (exact) mass is 535 g/mol. The number of halogens is 2. The Morgan fingerprint density at radius 1 is 1.00 bits per heavy atom. The van der Waals surface area contributed by atoms with Crippen molar-refractivity contribution in [1.29, 1.82) is 0 Å². The first-order valence-electron chi connectivity index (χ1n) is 12.2. The number of aromatic nitrogens is 3. The lowest BCUT2D eigenvalue weighted by atomic mass is 9.72. The number of piperidine rings is 1. The van der Waals surface area contributed by atoms with Crippen molar-refractivity contribution in [3.63, 3.8) is 0 Å². The van der Waals surface area contributed by atoms with Gasteiger partial charge < -0.3 is 4.57 Å². The molecular weight excluding hydrogens is 508 g/mol. The van der Waals surface area contributed by atoms with Crippen molar-refractivity contribution >= 4 is 17.7 Å². The van der Waals surface area contributed by atoms with Crippen molar-refractivity contribution in [2.75, 3.05) is 13.1 Å². The van der Waals surface area contributed by atoms with Crippen LogP contribution in [0.1, 0.15) is 40.2 Å². The Kier molecular flexibility index (Phi) is 7.55. The number of amides is 1. The lowest BCUT2D eigenvalue weighted by Gasteiger charge is -2.41. The molecule has 0 atom stereocenters. The SMILES string of the molecule is Cn1c(Sc2c(F)cc(C(=O)NO)cc2F)nnc1C1(c2ccccc2)CCN(Cc2ccccc2)CC1. The normalized spacial score (nSPS) is 15.4. The third-order valence-electron chi connectivity index (χ3n) is 7.10. The minimum Gasteiger partial charge on any atom is -0.308 e. The number of rotatable bonds is 7. The summed E-state index contributed by atoms with van der Waals surface area (Å²) in [6.07, 6.45) is 1.63. The van der Waals surface area contributed by atoms with Crippen LogP contribution in [0, 0.1) is 11.6 Å². The highest BCUT2D eigenvalue weighted by atomic mass is 32.2. The number of hydrogen-bond acceptors (Lipinski definition) is 6. The molecule has 196 valence electrons. The molecule has 0 bridgehead atoms. The van der Waals surface area contributed by atoms with Gasteiger partial charge in [0.2, 0.25) is 0 Å². The van der Waals surface area contributed by atoms with Crippen LogP contribution in [0.4, 0.5) is 8.78 Å². The molecule has 10 heteroatoms. The van der Waals surface area contributed by atoms with Crippen LogP contribution in [0.2, 0.25) is 0 Å². The second-order valence-corrected chi connectivity index (χ2v) is 10.4. The molecule has 2 N–H and O–H groups in total. The molecule has 0 spiro atoms. The highest BCUT2D eigenvalue weighted by Crippen LogP contribution is 2.42. The molecular formula is C28H27F2N5O2S. The third-order valence-corrected chi connectivity index (χ3v) is 8.24. The third kappa shape index (κ3) is 5.07. The number of nitrogens with one attached hydrogen (secondary N) is 1. The first-order valence-corrected chi connectivity index (χ1v) is 13.1. The fourth-order valence-corrected chi connectivity index (χ4v) is 5.90. The molecule has 3 aromatic carbocycles. The van der Waals surface area contributed by atoms with Gasteiger partial charge in [0.1, 0.15) is 17.5 Å². The number of carbonyl (C=O) groups is 1. The van der Waals surface area contributed by atoms with Crippen LogP contribution >= 0.6 is 11.8 Å². The lowest BCUT2D eigenvalue weighted by Crippen LogP contribution is -2.44. The Morgan fingerprint density at radius 2 is 1.61 bits per heavy atom. The van der Waals surface area contributed by atoms with E-state index >= 15 is 0 Å². The van der Waals surface area contributed by atoms with Crippen LogP contribution in [0.5, 0.6) is 0 Å². The topological polar surface area (TPSA) is 83.3 Å². The van der Waals surface area contributed by atoms with Crippen LogP contribution in [0.15, 0.2) is 82.8 Å².